The fourth-order valence-corrected chi connectivity index (χ4v) is 9.13. The van der Waals surface area contributed by atoms with Crippen LogP contribution in [0.25, 0.3) is 109 Å². The van der Waals surface area contributed by atoms with Crippen LogP contribution in [0.2, 0.25) is 0 Å². The van der Waals surface area contributed by atoms with Crippen molar-refractivity contribution in [1.82, 2.24) is 15.0 Å². The summed E-state index contributed by atoms with van der Waals surface area (Å²) >= 11 is 1.81. The maximum atomic E-state index is 5.17. The van der Waals surface area contributed by atoms with Gasteiger partial charge < -0.3 is 0 Å². The van der Waals surface area contributed by atoms with Gasteiger partial charge in [0.05, 0.1) is 0 Å². The van der Waals surface area contributed by atoms with Crippen molar-refractivity contribution < 1.29 is 0 Å². The van der Waals surface area contributed by atoms with Crippen LogP contribution in [0.5, 0.6) is 0 Å². The van der Waals surface area contributed by atoms with Crippen molar-refractivity contribution in [3.05, 3.63) is 176 Å². The van der Waals surface area contributed by atoms with Crippen LogP contribution < -0.4 is 0 Å². The fourth-order valence-electron chi connectivity index (χ4n) is 8.05. The topological polar surface area (TPSA) is 38.7 Å². The maximum absolute atomic E-state index is 5.17. The van der Waals surface area contributed by atoms with Gasteiger partial charge in [0.2, 0.25) is 0 Å². The number of nitrogens with zero attached hydrogens (tertiary/aromatic N) is 3. The molecular weight excluding hydrogens is 663 g/mol. The van der Waals surface area contributed by atoms with Crippen LogP contribution >= 0.6 is 11.3 Å². The highest BCUT2D eigenvalue weighted by Gasteiger charge is 2.17. The molecule has 0 unspecified atom stereocenters. The first-order chi connectivity index (χ1) is 26.3. The predicted molar refractivity (Wildman–Crippen MR) is 224 cm³/mol. The average Bonchev–Trinajstić information content (AvgIpc) is 3.61. The molecule has 9 aromatic carbocycles. The Morgan fingerprint density at radius 3 is 1.51 bits per heavy atom. The molecule has 0 saturated carbocycles. The smallest absolute Gasteiger partial charge is 0.164 e. The summed E-state index contributed by atoms with van der Waals surface area (Å²) in [5.41, 5.74) is 5.17. The number of thiophene rings is 1. The molecule has 2 heterocycles. The van der Waals surface area contributed by atoms with Gasteiger partial charge in [-0.2, -0.15) is 0 Å². The second kappa shape index (κ2) is 11.9. The Hall–Kier alpha value is -6.75. The summed E-state index contributed by atoms with van der Waals surface area (Å²) in [5, 5.41) is 12.6. The molecule has 11 rings (SSSR count). The van der Waals surface area contributed by atoms with E-state index in [0.29, 0.717) is 17.5 Å². The first kappa shape index (κ1) is 29.9. The van der Waals surface area contributed by atoms with E-state index >= 15 is 0 Å². The molecule has 0 fully saturated rings. The molecule has 0 bridgehead atoms. The molecule has 4 heteroatoms. The first-order valence-corrected chi connectivity index (χ1v) is 18.7. The zero-order chi connectivity index (χ0) is 34.9. The second-order valence-electron chi connectivity index (χ2n) is 13.5. The Bertz CT molecular complexity index is 3240. The Balaban J connectivity index is 1.13. The van der Waals surface area contributed by atoms with Crippen molar-refractivity contribution in [1.29, 1.82) is 0 Å². The summed E-state index contributed by atoms with van der Waals surface area (Å²) in [5.74, 6) is 1.96. The molecule has 0 aliphatic rings. The summed E-state index contributed by atoms with van der Waals surface area (Å²) in [7, 11) is 0. The van der Waals surface area contributed by atoms with Crippen molar-refractivity contribution >= 4 is 74.6 Å². The van der Waals surface area contributed by atoms with E-state index in [0.717, 1.165) is 22.3 Å². The number of benzene rings is 9. The molecule has 3 nitrogen and oxygen atoms in total. The Kier molecular flexibility index (Phi) is 6.73. The van der Waals surface area contributed by atoms with Crippen LogP contribution in [-0.4, -0.2) is 15.0 Å². The van der Waals surface area contributed by atoms with Crippen molar-refractivity contribution in [2.45, 2.75) is 0 Å². The summed E-state index contributed by atoms with van der Waals surface area (Å²) < 4.78 is 2.53. The summed E-state index contributed by atoms with van der Waals surface area (Å²) in [6.45, 7) is 0. The minimum Gasteiger partial charge on any atom is -0.208 e. The lowest BCUT2D eigenvalue weighted by Gasteiger charge is -2.16. The van der Waals surface area contributed by atoms with Crippen LogP contribution in [-0.2, 0) is 0 Å². The summed E-state index contributed by atoms with van der Waals surface area (Å²) in [6.07, 6.45) is 0. The van der Waals surface area contributed by atoms with Gasteiger partial charge in [-0.3, -0.25) is 0 Å². The lowest BCUT2D eigenvalue weighted by Crippen LogP contribution is -2.00. The number of aromatic nitrogens is 3. The quantitative estimate of drug-likeness (QED) is 0.172. The molecule has 0 N–H and O–H groups in total. The normalized spacial score (nSPS) is 11.8. The van der Waals surface area contributed by atoms with Crippen LogP contribution in [0, 0.1) is 0 Å². The fraction of sp³-hybridized carbons (Fsp3) is 0. The average molecular weight is 692 g/mol. The number of rotatable bonds is 4. The lowest BCUT2D eigenvalue weighted by molar-refractivity contribution is 1.07. The minimum atomic E-state index is 0.646. The number of fused-ring (bicyclic) bond motifs is 11. The number of hydrogen-bond acceptors (Lipinski definition) is 4. The zero-order valence-corrected chi connectivity index (χ0v) is 29.3. The second-order valence-corrected chi connectivity index (χ2v) is 14.6. The summed E-state index contributed by atoms with van der Waals surface area (Å²) in [6, 6.07) is 62.8. The highest BCUT2D eigenvalue weighted by atomic mass is 32.1. The van der Waals surface area contributed by atoms with Gasteiger partial charge in [-0.05, 0) is 90.6 Å². The largest absolute Gasteiger partial charge is 0.208 e. The maximum Gasteiger partial charge on any atom is 0.164 e. The van der Waals surface area contributed by atoms with Gasteiger partial charge in [0, 0.05) is 36.9 Å². The molecule has 0 radical (unpaired) electrons. The molecule has 0 aliphatic heterocycles. The standard InChI is InChI=1S/C49H29N3S/c1-2-13-30(14-3-1)47-50-48(52-49(51-47)33-25-26-45-42(28-33)38-21-10-11-24-44(38)53-45)32-16-12-15-31(27-32)41-29-43-36-19-5-4-17-34(36)35-18-6-8-22-39(35)46(43)40-23-9-7-20-37(40)41/h1-29H. The molecular formula is C49H29N3S. The van der Waals surface area contributed by atoms with E-state index in [9.17, 15) is 0 Å². The highest BCUT2D eigenvalue weighted by Crippen LogP contribution is 2.43. The Morgan fingerprint density at radius 1 is 0.283 bits per heavy atom. The van der Waals surface area contributed by atoms with Crippen LogP contribution in [0.3, 0.4) is 0 Å². The van der Waals surface area contributed by atoms with Crippen LogP contribution in [0.15, 0.2) is 176 Å². The van der Waals surface area contributed by atoms with Gasteiger partial charge >= 0.3 is 0 Å². The molecule has 53 heavy (non-hydrogen) atoms. The van der Waals surface area contributed by atoms with Crippen LogP contribution in [0.4, 0.5) is 0 Å². The van der Waals surface area contributed by atoms with Crippen molar-refractivity contribution in [2.24, 2.45) is 0 Å². The molecule has 0 aliphatic carbocycles. The van der Waals surface area contributed by atoms with E-state index in [2.05, 4.69) is 158 Å². The first-order valence-electron chi connectivity index (χ1n) is 17.9. The van der Waals surface area contributed by atoms with E-state index < -0.39 is 0 Å². The van der Waals surface area contributed by atoms with E-state index in [-0.39, 0.29) is 0 Å². The molecule has 0 spiro atoms. The van der Waals surface area contributed by atoms with Gasteiger partial charge in [-0.15, -0.1) is 11.3 Å². The van der Waals surface area contributed by atoms with E-state index in [1.807, 2.05) is 29.5 Å². The monoisotopic (exact) mass is 691 g/mol. The van der Waals surface area contributed by atoms with Gasteiger partial charge in [-0.25, -0.2) is 15.0 Å². The molecule has 0 saturated heterocycles. The van der Waals surface area contributed by atoms with E-state index in [1.54, 1.807) is 0 Å². The zero-order valence-electron chi connectivity index (χ0n) is 28.5. The van der Waals surface area contributed by atoms with Crippen LogP contribution in [0.1, 0.15) is 0 Å². The van der Waals surface area contributed by atoms with Crippen molar-refractivity contribution in [3.63, 3.8) is 0 Å². The third-order valence-electron chi connectivity index (χ3n) is 10.5. The molecule has 11 aromatic rings. The Morgan fingerprint density at radius 2 is 0.774 bits per heavy atom. The lowest BCUT2D eigenvalue weighted by atomic mass is 9.87. The predicted octanol–water partition coefficient (Wildman–Crippen LogP) is 13.5. The Labute approximate surface area is 309 Å². The molecule has 2 aromatic heterocycles. The highest BCUT2D eigenvalue weighted by molar-refractivity contribution is 7.25. The molecule has 0 atom stereocenters. The van der Waals surface area contributed by atoms with Gasteiger partial charge in [-0.1, -0.05) is 140 Å². The van der Waals surface area contributed by atoms with Crippen molar-refractivity contribution in [3.8, 4) is 45.3 Å². The summed E-state index contributed by atoms with van der Waals surface area (Å²) in [4.78, 5) is 15.3. The van der Waals surface area contributed by atoms with Gasteiger partial charge in [0.15, 0.2) is 17.5 Å². The molecule has 0 amide bonds. The van der Waals surface area contributed by atoms with Gasteiger partial charge in [0.1, 0.15) is 0 Å². The van der Waals surface area contributed by atoms with E-state index in [1.165, 1.54) is 68.8 Å². The third-order valence-corrected chi connectivity index (χ3v) is 11.6. The molecule has 246 valence electrons. The van der Waals surface area contributed by atoms with Gasteiger partial charge in [0.25, 0.3) is 0 Å². The SMILES string of the molecule is c1ccc(-c2nc(-c3cccc(-c4cc5c6ccccc6c6ccccc6c5c5ccccc45)c3)nc(-c3ccc4sc5ccccc5c4c3)n2)cc1. The van der Waals surface area contributed by atoms with Crippen molar-refractivity contribution in [2.75, 3.05) is 0 Å². The van der Waals surface area contributed by atoms with E-state index in [4.69, 9.17) is 15.0 Å². The third kappa shape index (κ3) is 4.84. The minimum absolute atomic E-state index is 0.646. The number of hydrogen-bond donors (Lipinski definition) is 0.